The molecule has 132 valence electrons. The van der Waals surface area contributed by atoms with E-state index in [9.17, 15) is 5.11 Å². The molecule has 0 amide bonds. The van der Waals surface area contributed by atoms with Gasteiger partial charge in [-0.1, -0.05) is 6.07 Å². The van der Waals surface area contributed by atoms with Gasteiger partial charge in [-0.15, -0.1) is 0 Å². The van der Waals surface area contributed by atoms with E-state index in [1.807, 2.05) is 6.07 Å². The van der Waals surface area contributed by atoms with Gasteiger partial charge >= 0.3 is 0 Å². The number of hydrogen-bond acceptors (Lipinski definition) is 4. The van der Waals surface area contributed by atoms with Gasteiger partial charge in [0.25, 0.3) is 0 Å². The minimum Gasteiger partial charge on any atom is -0.508 e. The zero-order valence-electron chi connectivity index (χ0n) is 15.0. The van der Waals surface area contributed by atoms with Gasteiger partial charge in [0, 0.05) is 24.3 Å². The molecule has 3 atom stereocenters. The Bertz CT molecular complexity index is 625. The lowest BCUT2D eigenvalue weighted by molar-refractivity contribution is -0.210. The highest BCUT2D eigenvalue weighted by molar-refractivity contribution is 5.41. The Morgan fingerprint density at radius 1 is 1.21 bits per heavy atom. The molecule has 1 N–H and O–H groups in total. The lowest BCUT2D eigenvalue weighted by Gasteiger charge is -2.57. The highest BCUT2D eigenvalue weighted by Crippen LogP contribution is 2.56. The number of benzene rings is 1. The molecular formula is C20H29NO3. The highest BCUT2D eigenvalue weighted by atomic mass is 16.7. The third-order valence-electron chi connectivity index (χ3n) is 6.89. The molecule has 0 radical (unpaired) electrons. The fraction of sp³-hybridized carbons (Fsp3) is 0.700. The van der Waals surface area contributed by atoms with Crippen molar-refractivity contribution in [3.63, 3.8) is 0 Å². The van der Waals surface area contributed by atoms with Crippen molar-refractivity contribution in [1.29, 1.82) is 0 Å². The zero-order chi connectivity index (χ0) is 16.9. The average molecular weight is 331 g/mol. The second-order valence-electron chi connectivity index (χ2n) is 8.06. The van der Waals surface area contributed by atoms with Gasteiger partial charge in [-0.05, 0) is 69.5 Å². The van der Waals surface area contributed by atoms with Gasteiger partial charge in [0.1, 0.15) is 5.75 Å². The van der Waals surface area contributed by atoms with Crippen LogP contribution in [0.3, 0.4) is 0 Å². The number of aryl methyl sites for hydroxylation is 1. The molecule has 4 nitrogen and oxygen atoms in total. The van der Waals surface area contributed by atoms with E-state index in [-0.39, 0.29) is 5.41 Å². The molecule has 2 aliphatic heterocycles. The maximum atomic E-state index is 10.2. The van der Waals surface area contributed by atoms with Crippen LogP contribution in [0.2, 0.25) is 0 Å². The van der Waals surface area contributed by atoms with E-state index in [0.717, 1.165) is 32.2 Å². The second kappa shape index (κ2) is 5.72. The predicted molar refractivity (Wildman–Crippen MR) is 93.2 cm³/mol. The lowest BCUT2D eigenvalue weighted by atomic mass is 9.55. The number of ether oxygens (including phenoxy) is 2. The maximum Gasteiger partial charge on any atom is 0.169 e. The average Bonchev–Trinajstić information content (AvgIpc) is 3.01. The van der Waals surface area contributed by atoms with Crippen molar-refractivity contribution < 1.29 is 14.6 Å². The first kappa shape index (κ1) is 16.4. The van der Waals surface area contributed by atoms with Gasteiger partial charge in [0.05, 0.1) is 13.2 Å². The number of aromatic hydroxyl groups is 1. The smallest absolute Gasteiger partial charge is 0.169 e. The molecular weight excluding hydrogens is 302 g/mol. The summed E-state index contributed by atoms with van der Waals surface area (Å²) in [6.45, 7) is 7.00. The van der Waals surface area contributed by atoms with Crippen molar-refractivity contribution in [1.82, 2.24) is 4.90 Å². The quantitative estimate of drug-likeness (QED) is 0.858. The molecule has 1 aliphatic carbocycles. The summed E-state index contributed by atoms with van der Waals surface area (Å²) in [5.74, 6) is 0.516. The predicted octanol–water partition coefficient (Wildman–Crippen LogP) is 3.21. The van der Waals surface area contributed by atoms with E-state index in [4.69, 9.17) is 9.47 Å². The number of piperidine rings is 1. The minimum atomic E-state index is -0.413. The fourth-order valence-electron chi connectivity index (χ4n) is 5.53. The molecule has 1 saturated carbocycles. The molecule has 3 aliphatic rings. The van der Waals surface area contributed by atoms with E-state index < -0.39 is 5.79 Å². The molecule has 4 rings (SSSR count). The molecule has 2 heterocycles. The largest absolute Gasteiger partial charge is 0.508 e. The maximum absolute atomic E-state index is 10.2. The molecule has 4 heteroatoms. The summed E-state index contributed by atoms with van der Waals surface area (Å²) >= 11 is 0. The summed E-state index contributed by atoms with van der Waals surface area (Å²) in [5.41, 5.74) is 2.59. The number of hydrogen-bond donors (Lipinski definition) is 1. The summed E-state index contributed by atoms with van der Waals surface area (Å²) in [6.07, 6.45) is 4.10. The number of phenolic OH excluding ortho intramolecular Hbond substituents is 1. The highest BCUT2D eigenvalue weighted by Gasteiger charge is 2.57. The van der Waals surface area contributed by atoms with Crippen LogP contribution >= 0.6 is 0 Å². The van der Waals surface area contributed by atoms with Crippen LogP contribution in [0, 0.1) is 12.8 Å². The molecule has 1 aromatic carbocycles. The summed E-state index contributed by atoms with van der Waals surface area (Å²) in [6, 6.07) is 6.37. The Morgan fingerprint density at radius 3 is 2.71 bits per heavy atom. The molecule has 0 aromatic heterocycles. The summed E-state index contributed by atoms with van der Waals surface area (Å²) in [7, 11) is 2.23. The van der Waals surface area contributed by atoms with E-state index in [1.165, 1.54) is 11.1 Å². The fourth-order valence-corrected chi connectivity index (χ4v) is 5.53. The van der Waals surface area contributed by atoms with Crippen molar-refractivity contribution >= 4 is 0 Å². The molecule has 1 aromatic rings. The molecule has 2 saturated heterocycles. The Labute approximate surface area is 144 Å². The molecule has 3 fully saturated rings. The first-order valence-electron chi connectivity index (χ1n) is 9.24. The van der Waals surface area contributed by atoms with Gasteiger partial charge in [0.2, 0.25) is 0 Å². The number of fused-ring (bicyclic) bond motifs is 1. The lowest BCUT2D eigenvalue weighted by Crippen LogP contribution is -2.60. The van der Waals surface area contributed by atoms with Crippen LogP contribution in [0.1, 0.15) is 43.7 Å². The summed E-state index contributed by atoms with van der Waals surface area (Å²) < 4.78 is 12.2. The van der Waals surface area contributed by atoms with Crippen LogP contribution in [0.25, 0.3) is 0 Å². The van der Waals surface area contributed by atoms with Crippen molar-refractivity contribution in [2.75, 3.05) is 26.8 Å². The van der Waals surface area contributed by atoms with Gasteiger partial charge < -0.3 is 19.5 Å². The number of rotatable bonds is 1. The van der Waals surface area contributed by atoms with Crippen molar-refractivity contribution in [3.8, 4) is 5.75 Å². The van der Waals surface area contributed by atoms with Crippen LogP contribution in [0.5, 0.6) is 5.75 Å². The van der Waals surface area contributed by atoms with Crippen LogP contribution in [-0.2, 0) is 14.9 Å². The summed E-state index contributed by atoms with van der Waals surface area (Å²) in [5, 5.41) is 10.2. The minimum absolute atomic E-state index is 0.0251. The Kier molecular flexibility index (Phi) is 3.90. The molecule has 0 bridgehead atoms. The number of likely N-dealkylation sites (tertiary alicyclic amines) is 1. The van der Waals surface area contributed by atoms with Gasteiger partial charge in [-0.2, -0.15) is 0 Å². The first-order valence-corrected chi connectivity index (χ1v) is 9.24. The second-order valence-corrected chi connectivity index (χ2v) is 8.06. The van der Waals surface area contributed by atoms with Crippen molar-refractivity contribution in [2.45, 2.75) is 56.8 Å². The molecule has 24 heavy (non-hydrogen) atoms. The monoisotopic (exact) mass is 331 g/mol. The topological polar surface area (TPSA) is 41.9 Å². The molecule has 3 unspecified atom stereocenters. The molecule has 1 spiro atoms. The van der Waals surface area contributed by atoms with Crippen molar-refractivity contribution in [2.24, 2.45) is 5.92 Å². The van der Waals surface area contributed by atoms with Crippen LogP contribution in [0.4, 0.5) is 0 Å². The third-order valence-corrected chi connectivity index (χ3v) is 6.89. The van der Waals surface area contributed by atoms with Crippen LogP contribution in [0.15, 0.2) is 18.2 Å². The standard InChI is InChI=1S/C20H29NO3/c1-14-4-5-16(22)12-18(14)19-8-9-21(3)15(2)17(19)6-7-20(13-19)23-10-11-24-20/h4-5,12,15,17,22H,6-11,13H2,1-3H3. The first-order chi connectivity index (χ1) is 11.5. The van der Waals surface area contributed by atoms with Gasteiger partial charge in [-0.3, -0.25) is 0 Å². The Morgan fingerprint density at radius 2 is 1.96 bits per heavy atom. The Balaban J connectivity index is 1.82. The van der Waals surface area contributed by atoms with Gasteiger partial charge in [-0.25, -0.2) is 0 Å². The van der Waals surface area contributed by atoms with E-state index in [2.05, 4.69) is 31.9 Å². The van der Waals surface area contributed by atoms with E-state index >= 15 is 0 Å². The van der Waals surface area contributed by atoms with Crippen molar-refractivity contribution in [3.05, 3.63) is 29.3 Å². The zero-order valence-corrected chi connectivity index (χ0v) is 15.0. The SMILES string of the molecule is Cc1ccc(O)cc1C12CCN(C)C(C)C1CCC1(C2)OCCO1. The normalized spacial score (nSPS) is 36.0. The van der Waals surface area contributed by atoms with E-state index in [0.29, 0.717) is 30.9 Å². The van der Waals surface area contributed by atoms with Crippen LogP contribution in [-0.4, -0.2) is 48.6 Å². The number of phenols is 1. The Hall–Kier alpha value is -1.10. The summed E-state index contributed by atoms with van der Waals surface area (Å²) in [4.78, 5) is 2.48. The van der Waals surface area contributed by atoms with Crippen LogP contribution < -0.4 is 0 Å². The number of nitrogens with zero attached hydrogens (tertiary/aromatic N) is 1. The van der Waals surface area contributed by atoms with E-state index in [1.54, 1.807) is 6.07 Å². The third kappa shape index (κ3) is 2.39. The van der Waals surface area contributed by atoms with Gasteiger partial charge in [0.15, 0.2) is 5.79 Å².